The van der Waals surface area contributed by atoms with E-state index in [1.54, 1.807) is 24.4 Å². The van der Waals surface area contributed by atoms with Gasteiger partial charge in [-0.2, -0.15) is 9.49 Å². The van der Waals surface area contributed by atoms with Crippen LogP contribution < -0.4 is 16.2 Å². The zero-order chi connectivity index (χ0) is 23.8. The lowest BCUT2D eigenvalue weighted by Gasteiger charge is -2.38. The van der Waals surface area contributed by atoms with Gasteiger partial charge in [-0.1, -0.05) is 18.2 Å². The predicted octanol–water partition coefficient (Wildman–Crippen LogP) is 3.90. The Balaban J connectivity index is 1.45. The van der Waals surface area contributed by atoms with E-state index >= 15 is 0 Å². The van der Waals surface area contributed by atoms with Crippen molar-refractivity contribution in [1.29, 1.82) is 0 Å². The van der Waals surface area contributed by atoms with Crippen molar-refractivity contribution in [1.82, 2.24) is 20.1 Å². The molecule has 0 atom stereocenters. The van der Waals surface area contributed by atoms with Gasteiger partial charge in [-0.15, -0.1) is 0 Å². The van der Waals surface area contributed by atoms with Crippen molar-refractivity contribution in [3.05, 3.63) is 71.0 Å². The molecular formula is C26H27FN6O. The number of nitrogens with one attached hydrogen (secondary N) is 1. The summed E-state index contributed by atoms with van der Waals surface area (Å²) in [5.74, 6) is -0.517. The van der Waals surface area contributed by atoms with Gasteiger partial charge in [0.25, 0.3) is 5.56 Å². The maximum atomic E-state index is 14.8. The fraction of sp³-hybridized carbons (Fsp3) is 0.269. The second-order valence-electron chi connectivity index (χ2n) is 8.92. The molecule has 0 spiro atoms. The highest BCUT2D eigenvalue weighted by atomic mass is 19.1. The standard InChI is InChI=1S/C26H27FN6O/c1-16(2)32-9-11-33(12-10-32)20-6-3-17(4-7-20)22-14-23(25(28)30-24(22)27)18-5-8-21-19(13-18)15-29-31-26(21)34/h3-8,13-16H,9-12H2,1-2H3,(H2,28,30)(H,31,34). The lowest BCUT2D eigenvalue weighted by molar-refractivity contribution is 0.209. The molecule has 34 heavy (non-hydrogen) atoms. The van der Waals surface area contributed by atoms with Crippen LogP contribution >= 0.6 is 0 Å². The number of pyridine rings is 1. The monoisotopic (exact) mass is 458 g/mol. The quantitative estimate of drug-likeness (QED) is 0.451. The molecule has 174 valence electrons. The molecule has 3 heterocycles. The maximum absolute atomic E-state index is 14.8. The molecule has 5 rings (SSSR count). The SMILES string of the molecule is CC(C)N1CCN(c2ccc(-c3cc(-c4ccc5c(=O)[nH]ncc5c4)c(N)nc3F)cc2)CC1. The van der Waals surface area contributed by atoms with E-state index in [1.807, 2.05) is 30.3 Å². The summed E-state index contributed by atoms with van der Waals surface area (Å²) in [6.45, 7) is 8.46. The molecular weight excluding hydrogens is 431 g/mol. The number of aromatic nitrogens is 3. The van der Waals surface area contributed by atoms with Crippen LogP contribution in [0.3, 0.4) is 0 Å². The topological polar surface area (TPSA) is 91.1 Å². The summed E-state index contributed by atoms with van der Waals surface area (Å²) in [7, 11) is 0. The molecule has 2 aromatic carbocycles. The number of nitrogens with two attached hydrogens (primary N) is 1. The fourth-order valence-corrected chi connectivity index (χ4v) is 4.55. The first-order chi connectivity index (χ1) is 16.4. The second kappa shape index (κ2) is 8.87. The molecule has 8 heteroatoms. The summed E-state index contributed by atoms with van der Waals surface area (Å²) in [5.41, 5.74) is 9.40. The number of benzene rings is 2. The van der Waals surface area contributed by atoms with Gasteiger partial charge < -0.3 is 10.6 Å². The molecule has 0 unspecified atom stereocenters. The fourth-order valence-electron chi connectivity index (χ4n) is 4.55. The lowest BCUT2D eigenvalue weighted by Crippen LogP contribution is -2.48. The average Bonchev–Trinajstić information content (AvgIpc) is 2.84. The van der Waals surface area contributed by atoms with Crippen molar-refractivity contribution < 1.29 is 4.39 Å². The number of piperazine rings is 1. The van der Waals surface area contributed by atoms with E-state index in [0.29, 0.717) is 27.9 Å². The number of aromatic amines is 1. The highest BCUT2D eigenvalue weighted by molar-refractivity contribution is 5.89. The van der Waals surface area contributed by atoms with Crippen LogP contribution in [0.4, 0.5) is 15.9 Å². The third-order valence-corrected chi connectivity index (χ3v) is 6.57. The second-order valence-corrected chi connectivity index (χ2v) is 8.92. The number of nitrogens with zero attached hydrogens (tertiary/aromatic N) is 4. The molecule has 7 nitrogen and oxygen atoms in total. The van der Waals surface area contributed by atoms with Gasteiger partial charge in [0.05, 0.1) is 11.6 Å². The first kappa shape index (κ1) is 22.0. The summed E-state index contributed by atoms with van der Waals surface area (Å²) in [6.07, 6.45) is 1.58. The van der Waals surface area contributed by atoms with Gasteiger partial charge in [-0.25, -0.2) is 10.1 Å². The average molecular weight is 459 g/mol. The molecule has 3 N–H and O–H groups in total. The van der Waals surface area contributed by atoms with Crippen LogP contribution in [0, 0.1) is 5.95 Å². The zero-order valence-electron chi connectivity index (χ0n) is 19.3. The van der Waals surface area contributed by atoms with E-state index in [0.717, 1.165) is 43.0 Å². The molecule has 0 amide bonds. The van der Waals surface area contributed by atoms with Gasteiger partial charge in [0, 0.05) is 54.4 Å². The molecule has 0 saturated carbocycles. The highest BCUT2D eigenvalue weighted by Crippen LogP contribution is 2.33. The predicted molar refractivity (Wildman–Crippen MR) is 134 cm³/mol. The van der Waals surface area contributed by atoms with E-state index in [-0.39, 0.29) is 11.4 Å². The molecule has 1 saturated heterocycles. The van der Waals surface area contributed by atoms with Crippen molar-refractivity contribution in [2.24, 2.45) is 0 Å². The smallest absolute Gasteiger partial charge is 0.272 e. The van der Waals surface area contributed by atoms with Crippen LogP contribution in [0.25, 0.3) is 33.0 Å². The zero-order valence-corrected chi connectivity index (χ0v) is 19.3. The van der Waals surface area contributed by atoms with Crippen LogP contribution in [-0.2, 0) is 0 Å². The van der Waals surface area contributed by atoms with Crippen molar-refractivity contribution in [3.63, 3.8) is 0 Å². The number of H-pyrrole nitrogens is 1. The Morgan fingerprint density at radius 1 is 0.971 bits per heavy atom. The number of rotatable bonds is 4. The van der Waals surface area contributed by atoms with E-state index in [1.165, 1.54) is 0 Å². The van der Waals surface area contributed by atoms with Crippen molar-refractivity contribution >= 4 is 22.3 Å². The van der Waals surface area contributed by atoms with E-state index in [4.69, 9.17) is 5.73 Å². The summed E-state index contributed by atoms with van der Waals surface area (Å²) >= 11 is 0. The third kappa shape index (κ3) is 4.12. The van der Waals surface area contributed by atoms with Crippen molar-refractivity contribution in [2.45, 2.75) is 19.9 Å². The van der Waals surface area contributed by atoms with Gasteiger partial charge in [-0.05, 0) is 55.3 Å². The van der Waals surface area contributed by atoms with Crippen LogP contribution in [0.15, 0.2) is 59.5 Å². The van der Waals surface area contributed by atoms with E-state index < -0.39 is 5.95 Å². The first-order valence-corrected chi connectivity index (χ1v) is 11.4. The summed E-state index contributed by atoms with van der Waals surface area (Å²) in [5, 5.41) is 7.48. The van der Waals surface area contributed by atoms with Gasteiger partial charge in [0.15, 0.2) is 0 Å². The summed E-state index contributed by atoms with van der Waals surface area (Å²) in [6, 6.07) is 15.5. The van der Waals surface area contributed by atoms with Gasteiger partial charge in [0.1, 0.15) is 5.82 Å². The Hall–Kier alpha value is -3.78. The summed E-state index contributed by atoms with van der Waals surface area (Å²) in [4.78, 5) is 20.8. The Bertz CT molecular complexity index is 1390. The number of fused-ring (bicyclic) bond motifs is 1. The van der Waals surface area contributed by atoms with Crippen LogP contribution in [-0.4, -0.2) is 52.3 Å². The Labute approximate surface area is 197 Å². The van der Waals surface area contributed by atoms with Gasteiger partial charge in [0.2, 0.25) is 5.95 Å². The molecule has 1 aliphatic heterocycles. The minimum Gasteiger partial charge on any atom is -0.383 e. The Morgan fingerprint density at radius 2 is 1.68 bits per heavy atom. The molecule has 0 bridgehead atoms. The Kier molecular flexibility index (Phi) is 5.75. The van der Waals surface area contributed by atoms with E-state index in [2.05, 4.69) is 38.8 Å². The third-order valence-electron chi connectivity index (χ3n) is 6.57. The summed E-state index contributed by atoms with van der Waals surface area (Å²) < 4.78 is 14.8. The van der Waals surface area contributed by atoms with Crippen LogP contribution in [0.1, 0.15) is 13.8 Å². The molecule has 1 fully saturated rings. The minimum atomic E-state index is -0.613. The number of halogens is 1. The minimum absolute atomic E-state index is 0.0954. The highest BCUT2D eigenvalue weighted by Gasteiger charge is 2.19. The van der Waals surface area contributed by atoms with Crippen molar-refractivity contribution in [2.75, 3.05) is 36.8 Å². The molecule has 4 aromatic rings. The van der Waals surface area contributed by atoms with Gasteiger partial charge in [-0.3, -0.25) is 9.69 Å². The largest absolute Gasteiger partial charge is 0.383 e. The van der Waals surface area contributed by atoms with E-state index in [9.17, 15) is 9.18 Å². The molecule has 1 aliphatic rings. The molecule has 0 radical (unpaired) electrons. The normalized spacial score (nSPS) is 14.8. The van der Waals surface area contributed by atoms with Crippen LogP contribution in [0.5, 0.6) is 0 Å². The van der Waals surface area contributed by atoms with Crippen molar-refractivity contribution in [3.8, 4) is 22.3 Å². The number of nitrogen functional groups attached to an aromatic ring is 1. The number of hydrogen-bond donors (Lipinski definition) is 2. The Morgan fingerprint density at radius 3 is 2.38 bits per heavy atom. The van der Waals surface area contributed by atoms with Crippen LogP contribution in [0.2, 0.25) is 0 Å². The lowest BCUT2D eigenvalue weighted by atomic mass is 9.99. The van der Waals surface area contributed by atoms with Gasteiger partial charge >= 0.3 is 0 Å². The molecule has 0 aliphatic carbocycles. The number of anilines is 2. The number of hydrogen-bond acceptors (Lipinski definition) is 6. The molecule has 2 aromatic heterocycles. The first-order valence-electron chi connectivity index (χ1n) is 11.4. The maximum Gasteiger partial charge on any atom is 0.272 e.